The van der Waals surface area contributed by atoms with Crippen LogP contribution in [0.5, 0.6) is 0 Å². The van der Waals surface area contributed by atoms with Gasteiger partial charge in [0.15, 0.2) is 11.0 Å². The molecule has 0 saturated carbocycles. The second-order valence-corrected chi connectivity index (χ2v) is 5.69. The van der Waals surface area contributed by atoms with Crippen LogP contribution in [0, 0.1) is 11.3 Å². The van der Waals surface area contributed by atoms with E-state index < -0.39 is 0 Å². The van der Waals surface area contributed by atoms with Crippen molar-refractivity contribution in [2.75, 3.05) is 50.5 Å². The number of anilines is 1. The third-order valence-corrected chi connectivity index (χ3v) is 4.34. The highest BCUT2D eigenvalue weighted by molar-refractivity contribution is 7.98. The molecule has 0 bridgehead atoms. The molecular formula is C13H17N5OS. The Hall–Kier alpha value is -1.36. The molecule has 0 atom stereocenters. The molecule has 3 rings (SSSR count). The zero-order valence-electron chi connectivity index (χ0n) is 11.4. The fourth-order valence-corrected chi connectivity index (χ4v) is 2.91. The second kappa shape index (κ2) is 5.95. The summed E-state index contributed by atoms with van der Waals surface area (Å²) in [5, 5.41) is 9.89. The van der Waals surface area contributed by atoms with Crippen molar-refractivity contribution in [1.29, 1.82) is 5.26 Å². The quantitative estimate of drug-likeness (QED) is 0.596. The molecule has 20 heavy (non-hydrogen) atoms. The van der Waals surface area contributed by atoms with Gasteiger partial charge in [-0.3, -0.25) is 4.90 Å². The highest BCUT2D eigenvalue weighted by Gasteiger charge is 2.34. The van der Waals surface area contributed by atoms with Gasteiger partial charge in [0.25, 0.3) is 0 Å². The molecule has 0 amide bonds. The average molecular weight is 291 g/mol. The van der Waals surface area contributed by atoms with E-state index >= 15 is 0 Å². The van der Waals surface area contributed by atoms with E-state index in [1.165, 1.54) is 11.8 Å². The lowest BCUT2D eigenvalue weighted by atomic mass is 10.1. The fourth-order valence-electron chi connectivity index (χ4n) is 2.58. The third kappa shape index (κ3) is 2.59. The number of rotatable bonds is 3. The molecule has 1 aromatic heterocycles. The lowest BCUT2D eigenvalue weighted by Crippen LogP contribution is -2.62. The normalized spacial score (nSPS) is 20.5. The molecule has 0 radical (unpaired) electrons. The molecule has 0 N–H and O–H groups in total. The number of thioether (sulfide) groups is 1. The first-order valence-corrected chi connectivity index (χ1v) is 7.92. The number of nitrogens with zero attached hydrogens (tertiary/aromatic N) is 5. The minimum absolute atomic E-state index is 0.554. The van der Waals surface area contributed by atoms with Gasteiger partial charge >= 0.3 is 0 Å². The van der Waals surface area contributed by atoms with E-state index in [2.05, 4.69) is 25.8 Å². The number of hydrogen-bond donors (Lipinski definition) is 0. The molecule has 0 unspecified atom stereocenters. The Morgan fingerprint density at radius 2 is 2.15 bits per heavy atom. The maximum atomic E-state index is 9.17. The van der Waals surface area contributed by atoms with Crippen LogP contribution in [0.25, 0.3) is 0 Å². The van der Waals surface area contributed by atoms with Crippen LogP contribution in [0.15, 0.2) is 11.4 Å². The summed E-state index contributed by atoms with van der Waals surface area (Å²) in [4.78, 5) is 13.3. The Morgan fingerprint density at radius 1 is 1.40 bits per heavy atom. The summed E-state index contributed by atoms with van der Waals surface area (Å²) >= 11 is 1.50. The van der Waals surface area contributed by atoms with E-state index in [0.29, 0.717) is 16.8 Å². The molecule has 0 aromatic carbocycles. The molecule has 106 valence electrons. The molecule has 7 heteroatoms. The molecule has 2 aliphatic rings. The predicted molar refractivity (Wildman–Crippen MR) is 76.9 cm³/mol. The van der Waals surface area contributed by atoms with Gasteiger partial charge < -0.3 is 9.64 Å². The molecule has 3 heterocycles. The van der Waals surface area contributed by atoms with Crippen molar-refractivity contribution in [1.82, 2.24) is 14.9 Å². The largest absolute Gasteiger partial charge is 0.379 e. The Morgan fingerprint density at radius 3 is 2.80 bits per heavy atom. The zero-order valence-corrected chi connectivity index (χ0v) is 12.3. The molecule has 0 aliphatic carbocycles. The summed E-state index contributed by atoms with van der Waals surface area (Å²) in [6.07, 6.45) is 3.56. The van der Waals surface area contributed by atoms with Gasteiger partial charge in [0.1, 0.15) is 11.6 Å². The third-order valence-electron chi connectivity index (χ3n) is 3.77. The van der Waals surface area contributed by atoms with E-state index in [1.54, 1.807) is 6.20 Å². The standard InChI is InChI=1S/C13H17N5OS/c1-20-13-15-7-10(6-14)12(16-13)18-8-11(9-18)17-2-4-19-5-3-17/h7,11H,2-5,8-9H2,1H3. The van der Waals surface area contributed by atoms with Crippen LogP contribution in [0.1, 0.15) is 5.56 Å². The van der Waals surface area contributed by atoms with E-state index in [4.69, 9.17) is 4.74 Å². The molecule has 6 nitrogen and oxygen atoms in total. The Bertz CT molecular complexity index is 520. The van der Waals surface area contributed by atoms with Crippen LogP contribution in [0.2, 0.25) is 0 Å². The summed E-state index contributed by atoms with van der Waals surface area (Å²) < 4.78 is 5.38. The SMILES string of the molecule is CSc1ncc(C#N)c(N2CC(N3CCOCC3)C2)n1. The Labute approximate surface area is 122 Å². The second-order valence-electron chi connectivity index (χ2n) is 4.91. The van der Waals surface area contributed by atoms with Crippen molar-refractivity contribution >= 4 is 17.6 Å². The molecule has 2 aliphatic heterocycles. The van der Waals surface area contributed by atoms with Crippen LogP contribution in [0.3, 0.4) is 0 Å². The first-order chi connectivity index (χ1) is 9.81. The maximum Gasteiger partial charge on any atom is 0.189 e. The average Bonchev–Trinajstić information content (AvgIpc) is 2.47. The van der Waals surface area contributed by atoms with Crippen molar-refractivity contribution in [3.63, 3.8) is 0 Å². The number of morpholine rings is 1. The minimum Gasteiger partial charge on any atom is -0.379 e. The fraction of sp³-hybridized carbons (Fsp3) is 0.615. The van der Waals surface area contributed by atoms with Gasteiger partial charge in [0.2, 0.25) is 0 Å². The lowest BCUT2D eigenvalue weighted by molar-refractivity contribution is 0.0104. The van der Waals surface area contributed by atoms with Crippen molar-refractivity contribution in [2.24, 2.45) is 0 Å². The summed E-state index contributed by atoms with van der Waals surface area (Å²) in [7, 11) is 0. The first kappa shape index (κ1) is 13.6. The minimum atomic E-state index is 0.554. The highest BCUT2D eigenvalue weighted by Crippen LogP contribution is 2.26. The number of ether oxygens (including phenoxy) is 1. The zero-order chi connectivity index (χ0) is 13.9. The number of aromatic nitrogens is 2. The van der Waals surface area contributed by atoms with Crippen LogP contribution in [0.4, 0.5) is 5.82 Å². The van der Waals surface area contributed by atoms with Gasteiger partial charge in [0, 0.05) is 32.2 Å². The van der Waals surface area contributed by atoms with Crippen LogP contribution in [-0.2, 0) is 4.74 Å². The number of nitriles is 1. The van der Waals surface area contributed by atoms with E-state index in [0.717, 1.165) is 45.2 Å². The van der Waals surface area contributed by atoms with Gasteiger partial charge in [0.05, 0.1) is 19.4 Å². The highest BCUT2D eigenvalue weighted by atomic mass is 32.2. The first-order valence-electron chi connectivity index (χ1n) is 6.69. The molecule has 2 fully saturated rings. The van der Waals surface area contributed by atoms with Crippen molar-refractivity contribution in [2.45, 2.75) is 11.2 Å². The smallest absolute Gasteiger partial charge is 0.189 e. The summed E-state index contributed by atoms with van der Waals surface area (Å²) in [5.41, 5.74) is 0.559. The van der Waals surface area contributed by atoms with Crippen LogP contribution >= 0.6 is 11.8 Å². The summed E-state index contributed by atoms with van der Waals surface area (Å²) in [6.45, 7) is 5.51. The van der Waals surface area contributed by atoms with Gasteiger partial charge in [-0.2, -0.15) is 5.26 Å². The summed E-state index contributed by atoms with van der Waals surface area (Å²) in [6, 6.07) is 2.73. The topological polar surface area (TPSA) is 65.3 Å². The van der Waals surface area contributed by atoms with E-state index in [-0.39, 0.29) is 0 Å². The molecule has 0 spiro atoms. The van der Waals surface area contributed by atoms with E-state index in [9.17, 15) is 5.26 Å². The van der Waals surface area contributed by atoms with Crippen molar-refractivity contribution in [3.05, 3.63) is 11.8 Å². The van der Waals surface area contributed by atoms with Gasteiger partial charge in [-0.05, 0) is 6.26 Å². The summed E-state index contributed by atoms with van der Waals surface area (Å²) in [5.74, 6) is 0.774. The Kier molecular flexibility index (Phi) is 4.05. The van der Waals surface area contributed by atoms with Crippen molar-refractivity contribution < 1.29 is 4.74 Å². The Balaban J connectivity index is 1.68. The molecule has 1 aromatic rings. The number of hydrogen-bond acceptors (Lipinski definition) is 7. The van der Waals surface area contributed by atoms with Gasteiger partial charge in [-0.1, -0.05) is 11.8 Å². The predicted octanol–water partition coefficient (Wildman–Crippen LogP) is 0.591. The lowest BCUT2D eigenvalue weighted by Gasteiger charge is -2.47. The molecular weight excluding hydrogens is 274 g/mol. The van der Waals surface area contributed by atoms with Crippen molar-refractivity contribution in [3.8, 4) is 6.07 Å². The van der Waals surface area contributed by atoms with Crippen LogP contribution in [-0.4, -0.2) is 66.6 Å². The molecule has 2 saturated heterocycles. The van der Waals surface area contributed by atoms with Gasteiger partial charge in [-0.25, -0.2) is 9.97 Å². The monoisotopic (exact) mass is 291 g/mol. The maximum absolute atomic E-state index is 9.17. The van der Waals surface area contributed by atoms with Gasteiger partial charge in [-0.15, -0.1) is 0 Å². The van der Waals surface area contributed by atoms with Crippen LogP contribution < -0.4 is 4.90 Å². The van der Waals surface area contributed by atoms with E-state index in [1.807, 2.05) is 6.26 Å².